The normalized spacial score (nSPS) is 15.0. The lowest BCUT2D eigenvalue weighted by Gasteiger charge is -2.19. The molecule has 0 aromatic heterocycles. The van der Waals surface area contributed by atoms with Crippen LogP contribution in [-0.4, -0.2) is 25.6 Å². The highest BCUT2D eigenvalue weighted by Crippen LogP contribution is 2.29. The van der Waals surface area contributed by atoms with Crippen LogP contribution in [0.2, 0.25) is 0 Å². The van der Waals surface area contributed by atoms with Gasteiger partial charge in [0.15, 0.2) is 0 Å². The van der Waals surface area contributed by atoms with Crippen molar-refractivity contribution in [3.63, 3.8) is 0 Å². The summed E-state index contributed by atoms with van der Waals surface area (Å²) in [5, 5.41) is 0. The van der Waals surface area contributed by atoms with Crippen LogP contribution in [0.4, 0.5) is 5.69 Å². The molecule has 1 atom stereocenters. The van der Waals surface area contributed by atoms with E-state index in [0.29, 0.717) is 6.42 Å². The molecule has 0 radical (unpaired) electrons. The Balaban J connectivity index is 2.14. The van der Waals surface area contributed by atoms with E-state index in [9.17, 15) is 4.79 Å². The molecule has 1 heterocycles. The van der Waals surface area contributed by atoms with Crippen molar-refractivity contribution in [1.82, 2.24) is 0 Å². The third kappa shape index (κ3) is 2.58. The number of anilines is 1. The average Bonchev–Trinajstić information content (AvgIpc) is 2.73. The third-order valence-corrected chi connectivity index (χ3v) is 2.93. The first kappa shape index (κ1) is 11.9. The lowest BCUT2D eigenvalue weighted by atomic mass is 10.1. The van der Waals surface area contributed by atoms with Gasteiger partial charge in [0.05, 0.1) is 6.61 Å². The molecule has 1 unspecified atom stereocenters. The van der Waals surface area contributed by atoms with Crippen molar-refractivity contribution >= 4 is 11.6 Å². The van der Waals surface area contributed by atoms with Crippen LogP contribution >= 0.6 is 0 Å². The standard InChI is InChI=1S/C13H18N2O2/c1-9(14)7-13(16)15(2)11-3-4-12-10(8-11)5-6-17-12/h3-4,8-9H,5-7,14H2,1-2H3. The average molecular weight is 234 g/mol. The summed E-state index contributed by atoms with van der Waals surface area (Å²) in [6, 6.07) is 5.74. The first-order valence-electron chi connectivity index (χ1n) is 5.86. The molecule has 1 aliphatic heterocycles. The van der Waals surface area contributed by atoms with Crippen LogP contribution in [0.5, 0.6) is 5.75 Å². The van der Waals surface area contributed by atoms with E-state index < -0.39 is 0 Å². The van der Waals surface area contributed by atoms with E-state index in [1.54, 1.807) is 11.9 Å². The molecule has 0 bridgehead atoms. The van der Waals surface area contributed by atoms with Crippen LogP contribution < -0.4 is 15.4 Å². The van der Waals surface area contributed by atoms with Crippen LogP contribution in [0, 0.1) is 0 Å². The van der Waals surface area contributed by atoms with Gasteiger partial charge in [-0.15, -0.1) is 0 Å². The number of nitrogens with zero attached hydrogens (tertiary/aromatic N) is 1. The number of carbonyl (C=O) groups excluding carboxylic acids is 1. The predicted molar refractivity (Wildman–Crippen MR) is 67.3 cm³/mol. The molecule has 0 spiro atoms. The molecule has 1 aromatic carbocycles. The minimum Gasteiger partial charge on any atom is -0.493 e. The first-order chi connectivity index (χ1) is 8.08. The second-order valence-corrected chi connectivity index (χ2v) is 4.52. The van der Waals surface area contributed by atoms with E-state index in [-0.39, 0.29) is 11.9 Å². The molecule has 1 aromatic rings. The monoisotopic (exact) mass is 234 g/mol. The highest BCUT2D eigenvalue weighted by Gasteiger charge is 2.17. The Morgan fingerprint density at radius 3 is 3.06 bits per heavy atom. The SMILES string of the molecule is CC(N)CC(=O)N(C)c1ccc2c(c1)CCO2. The van der Waals surface area contributed by atoms with Gasteiger partial charge in [0, 0.05) is 31.6 Å². The number of hydrogen-bond acceptors (Lipinski definition) is 3. The first-order valence-corrected chi connectivity index (χ1v) is 5.86. The fraction of sp³-hybridized carbons (Fsp3) is 0.462. The lowest BCUT2D eigenvalue weighted by Crippen LogP contribution is -2.31. The van der Waals surface area contributed by atoms with Gasteiger partial charge < -0.3 is 15.4 Å². The molecular weight excluding hydrogens is 216 g/mol. The van der Waals surface area contributed by atoms with E-state index in [1.807, 2.05) is 25.1 Å². The molecule has 0 fully saturated rings. The van der Waals surface area contributed by atoms with Gasteiger partial charge in [-0.2, -0.15) is 0 Å². The molecule has 1 aliphatic rings. The van der Waals surface area contributed by atoms with Gasteiger partial charge in [-0.05, 0) is 30.7 Å². The van der Waals surface area contributed by atoms with Crippen LogP contribution in [0.15, 0.2) is 18.2 Å². The number of nitrogens with two attached hydrogens (primary N) is 1. The number of ether oxygens (including phenoxy) is 1. The molecule has 92 valence electrons. The fourth-order valence-corrected chi connectivity index (χ4v) is 1.94. The highest BCUT2D eigenvalue weighted by molar-refractivity contribution is 5.93. The number of rotatable bonds is 3. The van der Waals surface area contributed by atoms with E-state index in [2.05, 4.69) is 0 Å². The summed E-state index contributed by atoms with van der Waals surface area (Å²) in [5.41, 5.74) is 7.70. The number of benzene rings is 1. The molecule has 2 N–H and O–H groups in total. The van der Waals surface area contributed by atoms with Crippen molar-refractivity contribution in [2.45, 2.75) is 25.8 Å². The largest absolute Gasteiger partial charge is 0.493 e. The molecule has 4 nitrogen and oxygen atoms in total. The lowest BCUT2D eigenvalue weighted by molar-refractivity contribution is -0.118. The zero-order valence-corrected chi connectivity index (χ0v) is 10.3. The summed E-state index contributed by atoms with van der Waals surface area (Å²) >= 11 is 0. The zero-order valence-electron chi connectivity index (χ0n) is 10.3. The minimum absolute atomic E-state index is 0.0406. The number of amides is 1. The fourth-order valence-electron chi connectivity index (χ4n) is 1.94. The van der Waals surface area contributed by atoms with Crippen LogP contribution in [0.25, 0.3) is 0 Å². The van der Waals surface area contributed by atoms with E-state index in [4.69, 9.17) is 10.5 Å². The van der Waals surface area contributed by atoms with Crippen molar-refractivity contribution in [3.8, 4) is 5.75 Å². The minimum atomic E-state index is -0.109. The summed E-state index contributed by atoms with van der Waals surface area (Å²) in [6.45, 7) is 2.57. The van der Waals surface area contributed by atoms with E-state index in [1.165, 1.54) is 5.56 Å². The number of carbonyl (C=O) groups is 1. The summed E-state index contributed by atoms with van der Waals surface area (Å²) < 4.78 is 5.43. The van der Waals surface area contributed by atoms with Crippen molar-refractivity contribution in [2.24, 2.45) is 5.73 Å². The van der Waals surface area contributed by atoms with E-state index in [0.717, 1.165) is 24.5 Å². The summed E-state index contributed by atoms with van der Waals surface area (Å²) in [4.78, 5) is 13.5. The Hall–Kier alpha value is -1.55. The maximum absolute atomic E-state index is 11.9. The molecule has 0 aliphatic carbocycles. The van der Waals surface area contributed by atoms with Crippen molar-refractivity contribution in [1.29, 1.82) is 0 Å². The Kier molecular flexibility index (Phi) is 3.33. The van der Waals surface area contributed by atoms with Gasteiger partial charge in [0.25, 0.3) is 0 Å². The van der Waals surface area contributed by atoms with Gasteiger partial charge in [0.2, 0.25) is 5.91 Å². The second-order valence-electron chi connectivity index (χ2n) is 4.52. The Bertz CT molecular complexity index is 429. The van der Waals surface area contributed by atoms with Crippen molar-refractivity contribution < 1.29 is 9.53 Å². The van der Waals surface area contributed by atoms with Gasteiger partial charge in [0.1, 0.15) is 5.75 Å². The third-order valence-electron chi connectivity index (χ3n) is 2.93. The summed E-state index contributed by atoms with van der Waals surface area (Å²) in [5.74, 6) is 0.973. The van der Waals surface area contributed by atoms with Crippen LogP contribution in [0.1, 0.15) is 18.9 Å². The van der Waals surface area contributed by atoms with Crippen LogP contribution in [0.3, 0.4) is 0 Å². The summed E-state index contributed by atoms with van der Waals surface area (Å²) in [7, 11) is 1.78. The predicted octanol–water partition coefficient (Wildman–Crippen LogP) is 1.32. The Morgan fingerprint density at radius 2 is 2.35 bits per heavy atom. The number of fused-ring (bicyclic) bond motifs is 1. The van der Waals surface area contributed by atoms with Crippen molar-refractivity contribution in [2.75, 3.05) is 18.6 Å². The molecular formula is C13H18N2O2. The second kappa shape index (κ2) is 4.75. The molecule has 0 saturated heterocycles. The molecule has 2 rings (SSSR count). The smallest absolute Gasteiger partial charge is 0.228 e. The van der Waals surface area contributed by atoms with Gasteiger partial charge in [-0.3, -0.25) is 4.79 Å². The summed E-state index contributed by atoms with van der Waals surface area (Å²) in [6.07, 6.45) is 1.28. The van der Waals surface area contributed by atoms with Crippen LogP contribution in [-0.2, 0) is 11.2 Å². The molecule has 0 saturated carbocycles. The Labute approximate surface area is 101 Å². The quantitative estimate of drug-likeness (QED) is 0.858. The maximum Gasteiger partial charge on any atom is 0.228 e. The van der Waals surface area contributed by atoms with E-state index >= 15 is 0 Å². The van der Waals surface area contributed by atoms with Gasteiger partial charge >= 0.3 is 0 Å². The van der Waals surface area contributed by atoms with Gasteiger partial charge in [-0.1, -0.05) is 0 Å². The molecule has 4 heteroatoms. The topological polar surface area (TPSA) is 55.6 Å². The van der Waals surface area contributed by atoms with Crippen molar-refractivity contribution in [3.05, 3.63) is 23.8 Å². The highest BCUT2D eigenvalue weighted by atomic mass is 16.5. The van der Waals surface area contributed by atoms with Gasteiger partial charge in [-0.25, -0.2) is 0 Å². The number of hydrogen-bond donors (Lipinski definition) is 1. The molecule has 17 heavy (non-hydrogen) atoms. The maximum atomic E-state index is 11.9. The zero-order chi connectivity index (χ0) is 12.4. The Morgan fingerprint density at radius 1 is 1.59 bits per heavy atom. The molecule has 1 amide bonds.